The van der Waals surface area contributed by atoms with Crippen LogP contribution in [0, 0.1) is 13.8 Å². The zero-order chi connectivity index (χ0) is 22.3. The maximum absolute atomic E-state index is 12.6. The van der Waals surface area contributed by atoms with Gasteiger partial charge in [0.2, 0.25) is 11.1 Å². The van der Waals surface area contributed by atoms with E-state index in [9.17, 15) is 4.79 Å². The number of amides is 1. The van der Waals surface area contributed by atoms with Gasteiger partial charge in [-0.1, -0.05) is 60.3 Å². The molecule has 4 rings (SSSR count). The number of para-hydroxylation sites is 1. The molecule has 8 nitrogen and oxygen atoms in total. The summed E-state index contributed by atoms with van der Waals surface area (Å²) in [4.78, 5) is 12.6. The van der Waals surface area contributed by atoms with Crippen molar-refractivity contribution in [3.8, 4) is 5.69 Å². The summed E-state index contributed by atoms with van der Waals surface area (Å²) in [6.07, 6.45) is 3.60. The highest BCUT2D eigenvalue weighted by molar-refractivity contribution is 7.99. The molecule has 0 saturated carbocycles. The minimum Gasteiger partial charge on any atom is -0.310 e. The Hall–Kier alpha value is -3.46. The summed E-state index contributed by atoms with van der Waals surface area (Å²) >= 11 is 1.30. The van der Waals surface area contributed by atoms with Crippen LogP contribution in [0.3, 0.4) is 0 Å². The molecule has 0 saturated heterocycles. The molecule has 0 radical (unpaired) electrons. The van der Waals surface area contributed by atoms with E-state index in [0.717, 1.165) is 36.2 Å². The minimum atomic E-state index is -0.129. The van der Waals surface area contributed by atoms with Gasteiger partial charge in [-0.05, 0) is 53.8 Å². The number of anilines is 1. The molecule has 2 aromatic heterocycles. The largest absolute Gasteiger partial charge is 0.310 e. The topological polar surface area (TPSA) is 90.5 Å². The van der Waals surface area contributed by atoms with Gasteiger partial charge in [0.25, 0.3) is 0 Å². The number of rotatable bonds is 9. The number of aromatic nitrogens is 6. The van der Waals surface area contributed by atoms with Gasteiger partial charge in [-0.25, -0.2) is 4.68 Å². The first kappa shape index (κ1) is 21.8. The summed E-state index contributed by atoms with van der Waals surface area (Å²) in [7, 11) is 0. The van der Waals surface area contributed by atoms with Gasteiger partial charge in [-0.15, -0.1) is 5.10 Å². The Morgan fingerprint density at radius 3 is 2.59 bits per heavy atom. The zero-order valence-corrected chi connectivity index (χ0v) is 18.9. The van der Waals surface area contributed by atoms with E-state index in [4.69, 9.17) is 0 Å². The number of hydrogen-bond donors (Lipinski definition) is 1. The summed E-state index contributed by atoms with van der Waals surface area (Å²) in [5.41, 5.74) is 4.38. The maximum atomic E-state index is 12.6. The fourth-order valence-electron chi connectivity index (χ4n) is 3.55. The van der Waals surface area contributed by atoms with Crippen LogP contribution in [0.1, 0.15) is 23.1 Å². The van der Waals surface area contributed by atoms with E-state index < -0.39 is 0 Å². The molecule has 0 aliphatic heterocycles. The monoisotopic (exact) mass is 447 g/mol. The maximum Gasteiger partial charge on any atom is 0.235 e. The lowest BCUT2D eigenvalue weighted by Gasteiger charge is -2.11. The molecule has 0 atom stereocenters. The fourth-order valence-corrected chi connectivity index (χ4v) is 4.23. The molecule has 0 aliphatic carbocycles. The second-order valence-corrected chi connectivity index (χ2v) is 8.42. The van der Waals surface area contributed by atoms with Crippen LogP contribution in [0.25, 0.3) is 5.69 Å². The van der Waals surface area contributed by atoms with Crippen molar-refractivity contribution in [2.75, 3.05) is 11.1 Å². The number of aryl methyl sites for hydroxylation is 4. The molecule has 0 spiro atoms. The van der Waals surface area contributed by atoms with Gasteiger partial charge < -0.3 is 5.32 Å². The molecule has 1 N–H and O–H groups in total. The van der Waals surface area contributed by atoms with E-state index in [0.29, 0.717) is 11.0 Å². The third kappa shape index (κ3) is 5.23. The normalized spacial score (nSPS) is 10.9. The Balaban J connectivity index is 1.33. The zero-order valence-electron chi connectivity index (χ0n) is 18.1. The van der Waals surface area contributed by atoms with Gasteiger partial charge in [-0.3, -0.25) is 4.79 Å². The quantitative estimate of drug-likeness (QED) is 0.392. The lowest BCUT2D eigenvalue weighted by molar-refractivity contribution is -0.113. The highest BCUT2D eigenvalue weighted by Crippen LogP contribution is 2.23. The smallest absolute Gasteiger partial charge is 0.235 e. The van der Waals surface area contributed by atoms with Crippen molar-refractivity contribution in [1.29, 1.82) is 0 Å². The molecule has 9 heteroatoms. The number of benzene rings is 2. The van der Waals surface area contributed by atoms with Crippen molar-refractivity contribution in [2.24, 2.45) is 0 Å². The molecule has 2 heterocycles. The van der Waals surface area contributed by atoms with Crippen molar-refractivity contribution in [2.45, 2.75) is 38.4 Å². The van der Waals surface area contributed by atoms with E-state index in [1.807, 2.05) is 61.0 Å². The standard InChI is InChI=1S/C23H25N7OS/c1-17-8-6-9-18(2)22(17)30-23(26-27-28-30)32-16-21(31)25-20-13-14-24-29(20)15-7-12-19-10-4-3-5-11-19/h3-6,8-11,13-14H,7,12,15-16H2,1-2H3,(H,25,31). The van der Waals surface area contributed by atoms with Gasteiger partial charge in [-0.2, -0.15) is 9.78 Å². The third-order valence-electron chi connectivity index (χ3n) is 5.09. The first-order valence-corrected chi connectivity index (χ1v) is 11.4. The summed E-state index contributed by atoms with van der Waals surface area (Å²) in [6.45, 7) is 4.77. The molecule has 164 valence electrons. The molecule has 4 aromatic rings. The minimum absolute atomic E-state index is 0.129. The van der Waals surface area contributed by atoms with Gasteiger partial charge >= 0.3 is 0 Å². The fraction of sp³-hybridized carbons (Fsp3) is 0.261. The molecule has 2 aromatic carbocycles. The van der Waals surface area contributed by atoms with Crippen LogP contribution in [-0.4, -0.2) is 41.6 Å². The summed E-state index contributed by atoms with van der Waals surface area (Å²) in [6, 6.07) is 18.2. The van der Waals surface area contributed by atoms with Crippen LogP contribution in [0.4, 0.5) is 5.82 Å². The SMILES string of the molecule is Cc1cccc(C)c1-n1nnnc1SCC(=O)Nc1ccnn1CCCc1ccccc1. The lowest BCUT2D eigenvalue weighted by atomic mass is 10.1. The van der Waals surface area contributed by atoms with E-state index in [1.165, 1.54) is 17.3 Å². The predicted molar refractivity (Wildman–Crippen MR) is 125 cm³/mol. The van der Waals surface area contributed by atoms with Crippen molar-refractivity contribution in [3.05, 3.63) is 77.5 Å². The van der Waals surface area contributed by atoms with Crippen LogP contribution < -0.4 is 5.32 Å². The number of nitrogens with zero attached hydrogens (tertiary/aromatic N) is 6. The number of nitrogens with one attached hydrogen (secondary N) is 1. The van der Waals surface area contributed by atoms with Gasteiger partial charge in [0, 0.05) is 12.6 Å². The van der Waals surface area contributed by atoms with Crippen molar-refractivity contribution in [1.82, 2.24) is 30.0 Å². The Morgan fingerprint density at radius 1 is 1.03 bits per heavy atom. The van der Waals surface area contributed by atoms with Gasteiger partial charge in [0.15, 0.2) is 0 Å². The van der Waals surface area contributed by atoms with Crippen LogP contribution in [0.5, 0.6) is 0 Å². The summed E-state index contributed by atoms with van der Waals surface area (Å²) in [5, 5.41) is 19.9. The summed E-state index contributed by atoms with van der Waals surface area (Å²) < 4.78 is 3.52. The molecule has 0 unspecified atom stereocenters. The highest BCUT2D eigenvalue weighted by atomic mass is 32.2. The number of carbonyl (C=O) groups is 1. The molecule has 0 bridgehead atoms. The Labute approximate surface area is 191 Å². The summed E-state index contributed by atoms with van der Waals surface area (Å²) in [5.74, 6) is 0.759. The van der Waals surface area contributed by atoms with Crippen LogP contribution in [0.15, 0.2) is 66.0 Å². The average molecular weight is 448 g/mol. The number of tetrazole rings is 1. The van der Waals surface area contributed by atoms with E-state index in [2.05, 4.69) is 38.1 Å². The highest BCUT2D eigenvalue weighted by Gasteiger charge is 2.15. The van der Waals surface area contributed by atoms with E-state index in [1.54, 1.807) is 10.9 Å². The second-order valence-electron chi connectivity index (χ2n) is 7.48. The van der Waals surface area contributed by atoms with Gasteiger partial charge in [0.05, 0.1) is 17.6 Å². The van der Waals surface area contributed by atoms with Crippen LogP contribution in [0.2, 0.25) is 0 Å². The van der Waals surface area contributed by atoms with Crippen molar-refractivity contribution < 1.29 is 4.79 Å². The van der Waals surface area contributed by atoms with E-state index in [-0.39, 0.29) is 11.7 Å². The Bertz CT molecular complexity index is 1170. The lowest BCUT2D eigenvalue weighted by Crippen LogP contribution is -2.18. The first-order chi connectivity index (χ1) is 15.6. The van der Waals surface area contributed by atoms with Gasteiger partial charge in [0.1, 0.15) is 5.82 Å². The first-order valence-electron chi connectivity index (χ1n) is 10.4. The Kier molecular flexibility index (Phi) is 6.96. The van der Waals surface area contributed by atoms with Crippen LogP contribution in [-0.2, 0) is 17.8 Å². The molecule has 1 amide bonds. The molecule has 0 fully saturated rings. The van der Waals surface area contributed by atoms with Crippen molar-refractivity contribution in [3.63, 3.8) is 0 Å². The second kappa shape index (κ2) is 10.2. The molecular formula is C23H25N7OS. The number of thioether (sulfide) groups is 1. The third-order valence-corrected chi connectivity index (χ3v) is 6.01. The molecular weight excluding hydrogens is 422 g/mol. The predicted octanol–water partition coefficient (Wildman–Crippen LogP) is 3.84. The molecule has 32 heavy (non-hydrogen) atoms. The van der Waals surface area contributed by atoms with E-state index >= 15 is 0 Å². The van der Waals surface area contributed by atoms with Crippen molar-refractivity contribution >= 4 is 23.5 Å². The molecule has 0 aliphatic rings. The number of hydrogen-bond acceptors (Lipinski definition) is 6. The Morgan fingerprint density at radius 2 is 1.81 bits per heavy atom. The number of carbonyl (C=O) groups excluding carboxylic acids is 1. The van der Waals surface area contributed by atoms with Crippen LogP contribution >= 0.6 is 11.8 Å². The average Bonchev–Trinajstić information content (AvgIpc) is 3.43.